The van der Waals surface area contributed by atoms with E-state index in [1.165, 1.54) is 0 Å². The van der Waals surface area contributed by atoms with E-state index in [-0.39, 0.29) is 25.6 Å². The molecule has 0 fully saturated rings. The summed E-state index contributed by atoms with van der Waals surface area (Å²) in [5, 5.41) is 9.28. The van der Waals surface area contributed by atoms with E-state index in [0.717, 1.165) is 0 Å². The lowest BCUT2D eigenvalue weighted by atomic mass is 10.3. The lowest BCUT2D eigenvalue weighted by Gasteiger charge is -2.13. The second-order valence-electron chi connectivity index (χ2n) is 3.25. The zero-order valence-corrected chi connectivity index (χ0v) is 10.4. The highest BCUT2D eigenvalue weighted by Gasteiger charge is 2.06. The first-order valence-electron chi connectivity index (χ1n) is 5.11. The molecular formula is C12H18ClNO3. The number of halogens is 1. The van der Waals surface area contributed by atoms with Gasteiger partial charge >= 0.3 is 0 Å². The molecule has 0 amide bonds. The van der Waals surface area contributed by atoms with Gasteiger partial charge in [-0.15, -0.1) is 12.4 Å². The van der Waals surface area contributed by atoms with Crippen molar-refractivity contribution >= 4 is 12.4 Å². The van der Waals surface area contributed by atoms with Gasteiger partial charge in [0.25, 0.3) is 0 Å². The number of rotatable bonds is 7. The molecule has 0 aromatic heterocycles. The molecule has 0 saturated heterocycles. The number of aliphatic hydroxyl groups excluding tert-OH is 1. The number of hydrogen-bond donors (Lipinski definition) is 2. The predicted octanol–water partition coefficient (Wildman–Crippen LogP) is 1.37. The Morgan fingerprint density at radius 3 is 2.41 bits per heavy atom. The maximum atomic E-state index is 9.28. The van der Waals surface area contributed by atoms with E-state index in [9.17, 15) is 5.11 Å². The van der Waals surface area contributed by atoms with Crippen molar-refractivity contribution in [3.63, 3.8) is 0 Å². The van der Waals surface area contributed by atoms with Crippen LogP contribution in [0.5, 0.6) is 11.5 Å². The van der Waals surface area contributed by atoms with E-state index in [1.807, 2.05) is 12.1 Å². The van der Waals surface area contributed by atoms with Gasteiger partial charge in [0.15, 0.2) is 11.5 Å². The van der Waals surface area contributed by atoms with Gasteiger partial charge in [-0.05, 0) is 12.1 Å². The molecule has 5 heteroatoms. The summed E-state index contributed by atoms with van der Waals surface area (Å²) in [5.74, 6) is 1.23. The fourth-order valence-electron chi connectivity index (χ4n) is 1.09. The standard InChI is InChI=1S/C12H17NO3.ClH/c1-2-7-15-11-5-3-4-6-12(11)16-9-10(14)8-13;/h2-6,10,14H,1,7-9,13H2;1H. The third-order valence-corrected chi connectivity index (χ3v) is 1.91. The van der Waals surface area contributed by atoms with Crippen LogP contribution in [0.1, 0.15) is 0 Å². The molecule has 0 saturated carbocycles. The van der Waals surface area contributed by atoms with Crippen molar-refractivity contribution in [2.75, 3.05) is 19.8 Å². The average Bonchev–Trinajstić information content (AvgIpc) is 2.34. The fraction of sp³-hybridized carbons (Fsp3) is 0.333. The van der Waals surface area contributed by atoms with E-state index < -0.39 is 6.10 Å². The van der Waals surface area contributed by atoms with Gasteiger partial charge in [0.1, 0.15) is 19.3 Å². The minimum Gasteiger partial charge on any atom is -0.487 e. The van der Waals surface area contributed by atoms with Crippen LogP contribution in [0.3, 0.4) is 0 Å². The Labute approximate surface area is 107 Å². The van der Waals surface area contributed by atoms with Crippen molar-refractivity contribution in [3.8, 4) is 11.5 Å². The molecule has 1 aromatic rings. The van der Waals surface area contributed by atoms with Crippen LogP contribution in [0.25, 0.3) is 0 Å². The van der Waals surface area contributed by atoms with Crippen molar-refractivity contribution in [2.45, 2.75) is 6.10 Å². The minimum absolute atomic E-state index is 0. The van der Waals surface area contributed by atoms with E-state index in [2.05, 4.69) is 6.58 Å². The normalized spacial score (nSPS) is 11.2. The molecule has 4 nitrogen and oxygen atoms in total. The van der Waals surface area contributed by atoms with Gasteiger partial charge in [0.05, 0.1) is 0 Å². The van der Waals surface area contributed by atoms with Crippen LogP contribution in [0.4, 0.5) is 0 Å². The summed E-state index contributed by atoms with van der Waals surface area (Å²) in [7, 11) is 0. The topological polar surface area (TPSA) is 64.7 Å². The molecule has 0 bridgehead atoms. The van der Waals surface area contributed by atoms with Crippen molar-refractivity contribution in [1.82, 2.24) is 0 Å². The Morgan fingerprint density at radius 2 is 1.88 bits per heavy atom. The average molecular weight is 260 g/mol. The number of para-hydroxylation sites is 2. The fourth-order valence-corrected chi connectivity index (χ4v) is 1.09. The zero-order valence-electron chi connectivity index (χ0n) is 9.54. The van der Waals surface area contributed by atoms with E-state index in [1.54, 1.807) is 18.2 Å². The molecule has 1 rings (SSSR count). The molecule has 0 radical (unpaired) electrons. The molecule has 0 aliphatic carbocycles. The maximum Gasteiger partial charge on any atom is 0.161 e. The molecule has 0 spiro atoms. The van der Waals surface area contributed by atoms with Gasteiger partial charge in [-0.25, -0.2) is 0 Å². The Balaban J connectivity index is 0.00000256. The third-order valence-electron chi connectivity index (χ3n) is 1.91. The smallest absolute Gasteiger partial charge is 0.161 e. The quantitative estimate of drug-likeness (QED) is 0.726. The van der Waals surface area contributed by atoms with Gasteiger partial charge in [-0.3, -0.25) is 0 Å². The molecular weight excluding hydrogens is 242 g/mol. The van der Waals surface area contributed by atoms with Crippen LogP contribution < -0.4 is 15.2 Å². The Morgan fingerprint density at radius 1 is 1.29 bits per heavy atom. The minimum atomic E-state index is -0.660. The summed E-state index contributed by atoms with van der Waals surface area (Å²) < 4.78 is 10.8. The van der Waals surface area contributed by atoms with Gasteiger partial charge in [0.2, 0.25) is 0 Å². The molecule has 1 atom stereocenters. The molecule has 3 N–H and O–H groups in total. The molecule has 96 valence electrons. The van der Waals surface area contributed by atoms with Crippen LogP contribution >= 0.6 is 12.4 Å². The number of aliphatic hydroxyl groups is 1. The van der Waals surface area contributed by atoms with Crippen molar-refractivity contribution < 1.29 is 14.6 Å². The summed E-state index contributed by atoms with van der Waals surface area (Å²) in [6.45, 7) is 4.32. The lowest BCUT2D eigenvalue weighted by molar-refractivity contribution is 0.112. The van der Waals surface area contributed by atoms with Crippen molar-refractivity contribution in [2.24, 2.45) is 5.73 Å². The summed E-state index contributed by atoms with van der Waals surface area (Å²) in [5.41, 5.74) is 5.28. The van der Waals surface area contributed by atoms with Crippen LogP contribution in [-0.2, 0) is 0 Å². The lowest BCUT2D eigenvalue weighted by Crippen LogP contribution is -2.26. The highest BCUT2D eigenvalue weighted by molar-refractivity contribution is 5.85. The highest BCUT2D eigenvalue weighted by Crippen LogP contribution is 2.26. The molecule has 1 unspecified atom stereocenters. The van der Waals surface area contributed by atoms with Crippen LogP contribution in [-0.4, -0.2) is 31.0 Å². The van der Waals surface area contributed by atoms with Gasteiger partial charge < -0.3 is 20.3 Å². The Bertz CT molecular complexity index is 333. The first kappa shape index (κ1) is 15.8. The van der Waals surface area contributed by atoms with Gasteiger partial charge in [-0.2, -0.15) is 0 Å². The summed E-state index contributed by atoms with van der Waals surface area (Å²) in [4.78, 5) is 0. The highest BCUT2D eigenvalue weighted by atomic mass is 35.5. The third kappa shape index (κ3) is 5.58. The Kier molecular flexibility index (Phi) is 8.23. The van der Waals surface area contributed by atoms with Crippen molar-refractivity contribution in [3.05, 3.63) is 36.9 Å². The monoisotopic (exact) mass is 259 g/mol. The summed E-state index contributed by atoms with van der Waals surface area (Å²) >= 11 is 0. The molecule has 0 heterocycles. The number of benzene rings is 1. The number of nitrogens with two attached hydrogens (primary N) is 1. The second kappa shape index (κ2) is 8.87. The Hall–Kier alpha value is -1.23. The van der Waals surface area contributed by atoms with Crippen molar-refractivity contribution in [1.29, 1.82) is 0 Å². The van der Waals surface area contributed by atoms with Gasteiger partial charge in [0, 0.05) is 6.54 Å². The van der Waals surface area contributed by atoms with E-state index in [0.29, 0.717) is 18.1 Å². The van der Waals surface area contributed by atoms with E-state index >= 15 is 0 Å². The van der Waals surface area contributed by atoms with E-state index in [4.69, 9.17) is 15.2 Å². The SMILES string of the molecule is C=CCOc1ccccc1OCC(O)CN.Cl. The largest absolute Gasteiger partial charge is 0.487 e. The summed E-state index contributed by atoms with van der Waals surface area (Å²) in [6, 6.07) is 7.27. The predicted molar refractivity (Wildman–Crippen MR) is 69.9 cm³/mol. The van der Waals surface area contributed by atoms with Crippen LogP contribution in [0, 0.1) is 0 Å². The molecule has 17 heavy (non-hydrogen) atoms. The molecule has 1 aromatic carbocycles. The second-order valence-corrected chi connectivity index (χ2v) is 3.25. The first-order chi connectivity index (χ1) is 7.77. The van der Waals surface area contributed by atoms with Crippen LogP contribution in [0.2, 0.25) is 0 Å². The number of ether oxygens (including phenoxy) is 2. The zero-order chi connectivity index (χ0) is 11.8. The molecule has 0 aliphatic heterocycles. The molecule has 0 aliphatic rings. The van der Waals surface area contributed by atoms with Gasteiger partial charge in [-0.1, -0.05) is 24.8 Å². The number of hydrogen-bond acceptors (Lipinski definition) is 4. The first-order valence-corrected chi connectivity index (χ1v) is 5.11. The maximum absolute atomic E-state index is 9.28. The van der Waals surface area contributed by atoms with Crippen LogP contribution in [0.15, 0.2) is 36.9 Å². The summed E-state index contributed by atoms with van der Waals surface area (Å²) in [6.07, 6.45) is 0.998.